The third-order valence-electron chi connectivity index (χ3n) is 4.22. The lowest BCUT2D eigenvalue weighted by Gasteiger charge is -2.36. The molecule has 0 bridgehead atoms. The highest BCUT2D eigenvalue weighted by molar-refractivity contribution is 9.10. The number of benzene rings is 2. The Labute approximate surface area is 142 Å². The van der Waals surface area contributed by atoms with E-state index in [1.165, 1.54) is 0 Å². The van der Waals surface area contributed by atoms with Crippen molar-refractivity contribution < 1.29 is 9.53 Å². The fraction of sp³-hybridized carbons (Fsp3) is 0.222. The van der Waals surface area contributed by atoms with Gasteiger partial charge in [-0.3, -0.25) is 4.79 Å². The summed E-state index contributed by atoms with van der Waals surface area (Å²) in [4.78, 5) is 12.0. The van der Waals surface area contributed by atoms with Crippen LogP contribution in [0, 0.1) is 0 Å². The van der Waals surface area contributed by atoms with Gasteiger partial charge in [0.1, 0.15) is 5.75 Å². The number of hydrogen-bond donors (Lipinski definition) is 0. The predicted octanol–water partition coefficient (Wildman–Crippen LogP) is 3.91. The van der Waals surface area contributed by atoms with Crippen LogP contribution in [-0.2, 0) is 4.79 Å². The van der Waals surface area contributed by atoms with Crippen LogP contribution in [-0.4, -0.2) is 22.7 Å². The molecule has 0 spiro atoms. The molecule has 4 rings (SSSR count). The lowest BCUT2D eigenvalue weighted by molar-refractivity contribution is -0.135. The molecule has 0 aromatic heterocycles. The first-order valence-electron chi connectivity index (χ1n) is 7.51. The average molecular weight is 371 g/mol. The highest BCUT2D eigenvalue weighted by Crippen LogP contribution is 2.42. The second-order valence-electron chi connectivity index (χ2n) is 5.77. The Kier molecular flexibility index (Phi) is 3.45. The van der Waals surface area contributed by atoms with Gasteiger partial charge in [0, 0.05) is 23.4 Å². The highest BCUT2D eigenvalue weighted by atomic mass is 79.9. The average Bonchev–Trinajstić information content (AvgIpc) is 3.00. The summed E-state index contributed by atoms with van der Waals surface area (Å²) in [6, 6.07) is 16.0. The SMILES string of the molecule is CC(=O)C1Oc2ccccc2C2CC(c3ccc(Br)cc3)=NN12. The van der Waals surface area contributed by atoms with Gasteiger partial charge in [0.05, 0.1) is 11.8 Å². The number of nitrogens with zero attached hydrogens (tertiary/aromatic N) is 2. The molecule has 116 valence electrons. The number of carbonyl (C=O) groups excluding carboxylic acids is 1. The molecule has 2 aliphatic heterocycles. The van der Waals surface area contributed by atoms with Crippen LogP contribution in [0.25, 0.3) is 0 Å². The molecule has 0 N–H and O–H groups in total. The van der Waals surface area contributed by atoms with Crippen molar-refractivity contribution >= 4 is 27.4 Å². The van der Waals surface area contributed by atoms with E-state index in [1.807, 2.05) is 53.5 Å². The zero-order valence-electron chi connectivity index (χ0n) is 12.6. The van der Waals surface area contributed by atoms with E-state index >= 15 is 0 Å². The Balaban J connectivity index is 1.75. The molecule has 2 heterocycles. The van der Waals surface area contributed by atoms with Gasteiger partial charge in [-0.05, 0) is 23.8 Å². The summed E-state index contributed by atoms with van der Waals surface area (Å²) in [6.45, 7) is 1.54. The zero-order chi connectivity index (χ0) is 16.0. The topological polar surface area (TPSA) is 41.9 Å². The summed E-state index contributed by atoms with van der Waals surface area (Å²) >= 11 is 3.45. The van der Waals surface area contributed by atoms with E-state index in [0.717, 1.165) is 33.5 Å². The molecule has 23 heavy (non-hydrogen) atoms. The molecule has 4 nitrogen and oxygen atoms in total. The van der Waals surface area contributed by atoms with Crippen molar-refractivity contribution in [1.29, 1.82) is 0 Å². The van der Waals surface area contributed by atoms with Gasteiger partial charge in [-0.1, -0.05) is 46.3 Å². The van der Waals surface area contributed by atoms with Crippen LogP contribution in [0.1, 0.15) is 30.5 Å². The number of ether oxygens (including phenoxy) is 1. The summed E-state index contributed by atoms with van der Waals surface area (Å²) in [5.41, 5.74) is 3.14. The first-order chi connectivity index (χ1) is 11.1. The van der Waals surface area contributed by atoms with Gasteiger partial charge in [0.25, 0.3) is 0 Å². The van der Waals surface area contributed by atoms with Crippen LogP contribution in [0.15, 0.2) is 58.1 Å². The molecule has 0 aliphatic carbocycles. The number of fused-ring (bicyclic) bond motifs is 3. The van der Waals surface area contributed by atoms with Gasteiger partial charge in [-0.2, -0.15) is 5.10 Å². The van der Waals surface area contributed by atoms with Crippen molar-refractivity contribution in [1.82, 2.24) is 5.01 Å². The first-order valence-corrected chi connectivity index (χ1v) is 8.30. The number of Topliss-reactive ketones (excluding diaryl/α,β-unsaturated/α-hetero) is 1. The van der Waals surface area contributed by atoms with Crippen molar-refractivity contribution in [2.45, 2.75) is 25.6 Å². The van der Waals surface area contributed by atoms with Crippen LogP contribution < -0.4 is 4.74 Å². The van der Waals surface area contributed by atoms with E-state index in [4.69, 9.17) is 9.84 Å². The number of para-hydroxylation sites is 1. The molecule has 2 unspecified atom stereocenters. The van der Waals surface area contributed by atoms with E-state index in [0.29, 0.717) is 0 Å². The van der Waals surface area contributed by atoms with Crippen molar-refractivity contribution in [3.8, 4) is 5.75 Å². The van der Waals surface area contributed by atoms with Crippen LogP contribution in [0.2, 0.25) is 0 Å². The second kappa shape index (κ2) is 5.49. The van der Waals surface area contributed by atoms with Crippen molar-refractivity contribution in [2.75, 3.05) is 0 Å². The molecule has 2 aromatic carbocycles. The predicted molar refractivity (Wildman–Crippen MR) is 91.4 cm³/mol. The van der Waals surface area contributed by atoms with E-state index in [9.17, 15) is 4.79 Å². The summed E-state index contributed by atoms with van der Waals surface area (Å²) in [5.74, 6) is 0.742. The van der Waals surface area contributed by atoms with E-state index in [1.54, 1.807) is 6.92 Å². The van der Waals surface area contributed by atoms with E-state index in [-0.39, 0.29) is 11.8 Å². The number of rotatable bonds is 2. The quantitative estimate of drug-likeness (QED) is 0.804. The second-order valence-corrected chi connectivity index (χ2v) is 6.69. The molecular weight excluding hydrogens is 356 g/mol. The van der Waals surface area contributed by atoms with Gasteiger partial charge in [0.2, 0.25) is 6.23 Å². The third-order valence-corrected chi connectivity index (χ3v) is 4.75. The summed E-state index contributed by atoms with van der Waals surface area (Å²) in [6.07, 6.45) is 0.119. The Hall–Kier alpha value is -2.14. The van der Waals surface area contributed by atoms with Crippen LogP contribution in [0.4, 0.5) is 0 Å². The monoisotopic (exact) mass is 370 g/mol. The number of carbonyl (C=O) groups is 1. The lowest BCUT2D eigenvalue weighted by atomic mass is 9.96. The zero-order valence-corrected chi connectivity index (χ0v) is 14.2. The van der Waals surface area contributed by atoms with E-state index < -0.39 is 6.23 Å². The number of halogens is 1. The molecule has 0 fully saturated rings. The summed E-state index contributed by atoms with van der Waals surface area (Å²) in [7, 11) is 0. The molecule has 5 heteroatoms. The van der Waals surface area contributed by atoms with Gasteiger partial charge >= 0.3 is 0 Å². The fourth-order valence-corrected chi connectivity index (χ4v) is 3.38. The van der Waals surface area contributed by atoms with Gasteiger partial charge in [0.15, 0.2) is 5.78 Å². The van der Waals surface area contributed by atoms with Crippen LogP contribution in [0.3, 0.4) is 0 Å². The molecular formula is C18H15BrN2O2. The van der Waals surface area contributed by atoms with Crippen molar-refractivity contribution in [3.05, 3.63) is 64.1 Å². The molecule has 0 radical (unpaired) electrons. The Morgan fingerprint density at radius 1 is 1.22 bits per heavy atom. The van der Waals surface area contributed by atoms with Crippen molar-refractivity contribution in [2.24, 2.45) is 5.10 Å². The molecule has 0 saturated carbocycles. The van der Waals surface area contributed by atoms with Gasteiger partial charge in [-0.25, -0.2) is 5.01 Å². The number of hydrazone groups is 1. The molecule has 2 aliphatic rings. The standard InChI is InChI=1S/C18H15BrN2O2/c1-11(22)18-21-16(14-4-2-3-5-17(14)23-18)10-15(20-21)12-6-8-13(19)9-7-12/h2-9,16,18H,10H2,1H3. The number of hydrogen-bond acceptors (Lipinski definition) is 4. The maximum Gasteiger partial charge on any atom is 0.246 e. The number of ketones is 1. The van der Waals surface area contributed by atoms with Crippen molar-refractivity contribution in [3.63, 3.8) is 0 Å². The smallest absolute Gasteiger partial charge is 0.246 e. The molecule has 0 saturated heterocycles. The maximum absolute atomic E-state index is 12.0. The van der Waals surface area contributed by atoms with E-state index in [2.05, 4.69) is 15.9 Å². The minimum atomic E-state index is -0.650. The van der Waals surface area contributed by atoms with Gasteiger partial charge in [-0.15, -0.1) is 0 Å². The Bertz CT molecular complexity index is 801. The normalized spacial score (nSPS) is 22.0. The highest BCUT2D eigenvalue weighted by Gasteiger charge is 2.41. The maximum atomic E-state index is 12.0. The minimum Gasteiger partial charge on any atom is -0.461 e. The summed E-state index contributed by atoms with van der Waals surface area (Å²) in [5, 5.41) is 6.51. The van der Waals surface area contributed by atoms with Gasteiger partial charge < -0.3 is 4.74 Å². The summed E-state index contributed by atoms with van der Waals surface area (Å²) < 4.78 is 6.91. The Morgan fingerprint density at radius 2 is 1.96 bits per heavy atom. The third kappa shape index (κ3) is 2.45. The molecule has 2 aromatic rings. The largest absolute Gasteiger partial charge is 0.461 e. The Morgan fingerprint density at radius 3 is 2.70 bits per heavy atom. The minimum absolute atomic E-state index is 0.0368. The van der Waals surface area contributed by atoms with Crippen LogP contribution >= 0.6 is 15.9 Å². The molecule has 0 amide bonds. The van der Waals surface area contributed by atoms with Crippen LogP contribution in [0.5, 0.6) is 5.75 Å². The lowest BCUT2D eigenvalue weighted by Crippen LogP contribution is -2.44. The molecule has 2 atom stereocenters. The fourth-order valence-electron chi connectivity index (χ4n) is 3.12. The first kappa shape index (κ1) is 14.5.